The van der Waals surface area contributed by atoms with Crippen molar-refractivity contribution in [2.75, 3.05) is 18.2 Å². The molecule has 0 atom stereocenters. The van der Waals surface area contributed by atoms with Crippen molar-refractivity contribution in [2.45, 2.75) is 13.8 Å². The van der Waals surface area contributed by atoms with Crippen LogP contribution in [-0.2, 0) is 0 Å². The van der Waals surface area contributed by atoms with E-state index in [4.69, 9.17) is 10.5 Å². The van der Waals surface area contributed by atoms with E-state index >= 15 is 0 Å². The first-order valence-corrected chi connectivity index (χ1v) is 5.98. The first kappa shape index (κ1) is 13.2. The number of nitrogen functional groups attached to an aromatic ring is 1. The molecule has 0 heterocycles. The van der Waals surface area contributed by atoms with E-state index in [0.29, 0.717) is 5.69 Å². The number of rotatable bonds is 3. The molecule has 0 aliphatic heterocycles. The van der Waals surface area contributed by atoms with Crippen molar-refractivity contribution < 1.29 is 9.13 Å². The third-order valence-corrected chi connectivity index (χ3v) is 3.10. The maximum atomic E-state index is 13.4. The van der Waals surface area contributed by atoms with Crippen molar-refractivity contribution in [3.8, 4) is 5.75 Å². The molecule has 4 heteroatoms. The Morgan fingerprint density at radius 1 is 1.11 bits per heavy atom. The van der Waals surface area contributed by atoms with Crippen molar-refractivity contribution in [1.29, 1.82) is 0 Å². The molecule has 2 aromatic rings. The van der Waals surface area contributed by atoms with Gasteiger partial charge in [-0.2, -0.15) is 0 Å². The molecule has 2 aromatic carbocycles. The summed E-state index contributed by atoms with van der Waals surface area (Å²) in [6.45, 7) is 4.04. The molecule has 19 heavy (non-hydrogen) atoms. The molecule has 0 saturated carbocycles. The Balaban J connectivity index is 2.37. The highest BCUT2D eigenvalue weighted by molar-refractivity contribution is 5.69. The van der Waals surface area contributed by atoms with Gasteiger partial charge in [0.2, 0.25) is 0 Å². The Labute approximate surface area is 112 Å². The molecular formula is C15H17FN2O. The molecule has 0 amide bonds. The van der Waals surface area contributed by atoms with E-state index < -0.39 is 5.82 Å². The number of ether oxygens (including phenoxy) is 1. The zero-order valence-corrected chi connectivity index (χ0v) is 11.3. The number of methoxy groups -OCH3 is 1. The Morgan fingerprint density at radius 3 is 2.42 bits per heavy atom. The quantitative estimate of drug-likeness (QED) is 0.826. The van der Waals surface area contributed by atoms with Crippen LogP contribution in [0.2, 0.25) is 0 Å². The van der Waals surface area contributed by atoms with Gasteiger partial charge in [-0.1, -0.05) is 0 Å². The minimum absolute atomic E-state index is 0.137. The summed E-state index contributed by atoms with van der Waals surface area (Å²) in [4.78, 5) is 0. The normalized spacial score (nSPS) is 10.3. The predicted octanol–water partition coefficient (Wildman–Crippen LogP) is 3.78. The molecule has 3 nitrogen and oxygen atoms in total. The Morgan fingerprint density at radius 2 is 1.79 bits per heavy atom. The van der Waals surface area contributed by atoms with Crippen LogP contribution in [0.3, 0.4) is 0 Å². The molecular weight excluding hydrogens is 243 g/mol. The summed E-state index contributed by atoms with van der Waals surface area (Å²) in [5.74, 6) is 0.285. The van der Waals surface area contributed by atoms with Gasteiger partial charge in [-0.25, -0.2) is 4.39 Å². The van der Waals surface area contributed by atoms with Gasteiger partial charge in [0.05, 0.1) is 18.5 Å². The fourth-order valence-electron chi connectivity index (χ4n) is 1.82. The van der Waals surface area contributed by atoms with Gasteiger partial charge in [-0.3, -0.25) is 0 Å². The molecule has 0 aliphatic rings. The highest BCUT2D eigenvalue weighted by Gasteiger charge is 2.07. The van der Waals surface area contributed by atoms with Gasteiger partial charge in [-0.15, -0.1) is 0 Å². The number of halogens is 1. The average Bonchev–Trinajstić information content (AvgIpc) is 2.38. The van der Waals surface area contributed by atoms with Gasteiger partial charge in [0, 0.05) is 5.69 Å². The summed E-state index contributed by atoms with van der Waals surface area (Å²) in [5, 5.41) is 3.14. The van der Waals surface area contributed by atoms with Crippen molar-refractivity contribution in [3.63, 3.8) is 0 Å². The molecule has 0 aliphatic carbocycles. The Hall–Kier alpha value is -2.23. The lowest BCUT2D eigenvalue weighted by Crippen LogP contribution is -1.98. The van der Waals surface area contributed by atoms with Gasteiger partial charge in [-0.05, 0) is 55.3 Å². The Bertz CT molecular complexity index is 611. The van der Waals surface area contributed by atoms with Crippen LogP contribution >= 0.6 is 0 Å². The second kappa shape index (κ2) is 5.18. The number of benzene rings is 2. The summed E-state index contributed by atoms with van der Waals surface area (Å²) in [6, 6.07) is 8.55. The summed E-state index contributed by atoms with van der Waals surface area (Å²) in [6.07, 6.45) is 0. The van der Waals surface area contributed by atoms with Crippen LogP contribution in [0.5, 0.6) is 5.75 Å². The molecule has 3 N–H and O–H groups in total. The fraction of sp³-hybridized carbons (Fsp3) is 0.200. The number of hydrogen-bond donors (Lipinski definition) is 2. The van der Waals surface area contributed by atoms with Crippen molar-refractivity contribution >= 4 is 17.1 Å². The van der Waals surface area contributed by atoms with Crippen molar-refractivity contribution in [2.24, 2.45) is 0 Å². The van der Waals surface area contributed by atoms with Crippen LogP contribution in [-0.4, -0.2) is 7.11 Å². The Kier molecular flexibility index (Phi) is 3.60. The number of nitrogens with two attached hydrogens (primary N) is 1. The number of anilines is 3. The third kappa shape index (κ3) is 2.78. The molecule has 0 bridgehead atoms. The first-order valence-electron chi connectivity index (χ1n) is 5.98. The molecule has 0 spiro atoms. The number of hydrogen-bond acceptors (Lipinski definition) is 3. The van der Waals surface area contributed by atoms with E-state index in [1.807, 2.05) is 26.0 Å². The van der Waals surface area contributed by atoms with Gasteiger partial charge in [0.25, 0.3) is 0 Å². The smallest absolute Gasteiger partial charge is 0.148 e. The molecule has 0 fully saturated rings. The van der Waals surface area contributed by atoms with Crippen LogP contribution in [0.25, 0.3) is 0 Å². The van der Waals surface area contributed by atoms with Gasteiger partial charge < -0.3 is 15.8 Å². The van der Waals surface area contributed by atoms with Crippen LogP contribution in [0.1, 0.15) is 11.1 Å². The highest BCUT2D eigenvalue weighted by Crippen LogP contribution is 2.31. The zero-order valence-electron chi connectivity index (χ0n) is 11.3. The van der Waals surface area contributed by atoms with Gasteiger partial charge >= 0.3 is 0 Å². The third-order valence-electron chi connectivity index (χ3n) is 3.10. The SMILES string of the molecule is COc1cc(C)c(C)cc1Nc1ccc(N)c(F)c1. The highest BCUT2D eigenvalue weighted by atomic mass is 19.1. The van der Waals surface area contributed by atoms with E-state index in [0.717, 1.165) is 22.6 Å². The fourth-order valence-corrected chi connectivity index (χ4v) is 1.82. The van der Waals surface area contributed by atoms with E-state index in [1.165, 1.54) is 12.1 Å². The van der Waals surface area contributed by atoms with Crippen LogP contribution in [0, 0.1) is 19.7 Å². The maximum absolute atomic E-state index is 13.4. The first-order chi connectivity index (χ1) is 9.01. The lowest BCUT2D eigenvalue weighted by molar-refractivity contribution is 0.416. The average molecular weight is 260 g/mol. The van der Waals surface area contributed by atoms with E-state index in [-0.39, 0.29) is 5.69 Å². The van der Waals surface area contributed by atoms with Crippen LogP contribution in [0.15, 0.2) is 30.3 Å². The molecule has 0 radical (unpaired) electrons. The van der Waals surface area contributed by atoms with Gasteiger partial charge in [0.15, 0.2) is 0 Å². The zero-order chi connectivity index (χ0) is 14.0. The summed E-state index contributed by atoms with van der Waals surface area (Å²) in [5.41, 5.74) is 9.31. The monoisotopic (exact) mass is 260 g/mol. The van der Waals surface area contributed by atoms with E-state index in [9.17, 15) is 4.39 Å². The molecule has 0 unspecified atom stereocenters. The van der Waals surface area contributed by atoms with E-state index in [2.05, 4.69) is 5.32 Å². The van der Waals surface area contributed by atoms with Crippen molar-refractivity contribution in [1.82, 2.24) is 0 Å². The second-order valence-electron chi connectivity index (χ2n) is 4.50. The maximum Gasteiger partial charge on any atom is 0.148 e. The number of nitrogens with one attached hydrogen (secondary N) is 1. The minimum atomic E-state index is -0.437. The van der Waals surface area contributed by atoms with E-state index in [1.54, 1.807) is 13.2 Å². The summed E-state index contributed by atoms with van der Waals surface area (Å²) in [7, 11) is 1.61. The number of aryl methyl sites for hydroxylation is 2. The largest absolute Gasteiger partial charge is 0.495 e. The summed E-state index contributed by atoms with van der Waals surface area (Å²) < 4.78 is 18.7. The molecule has 0 saturated heterocycles. The van der Waals surface area contributed by atoms with Crippen molar-refractivity contribution in [3.05, 3.63) is 47.3 Å². The molecule has 0 aromatic heterocycles. The molecule has 2 rings (SSSR count). The summed E-state index contributed by atoms with van der Waals surface area (Å²) >= 11 is 0. The van der Waals surface area contributed by atoms with Crippen LogP contribution in [0.4, 0.5) is 21.5 Å². The lowest BCUT2D eigenvalue weighted by Gasteiger charge is -2.14. The topological polar surface area (TPSA) is 47.3 Å². The van der Waals surface area contributed by atoms with Gasteiger partial charge in [0.1, 0.15) is 11.6 Å². The second-order valence-corrected chi connectivity index (χ2v) is 4.50. The predicted molar refractivity (Wildman–Crippen MR) is 76.6 cm³/mol. The standard InChI is InChI=1S/C15H17FN2O/c1-9-6-14(15(19-3)7-10(9)2)18-11-4-5-13(17)12(16)8-11/h4-8,18H,17H2,1-3H3. The molecule has 100 valence electrons. The lowest BCUT2D eigenvalue weighted by atomic mass is 10.1. The van der Waals surface area contributed by atoms with Crippen LogP contribution < -0.4 is 15.8 Å². The minimum Gasteiger partial charge on any atom is -0.495 e.